The molecule has 0 amide bonds. The number of rotatable bonds is 9. The van der Waals surface area contributed by atoms with Gasteiger partial charge in [0.2, 0.25) is 11.2 Å². The number of likely N-dealkylation sites (N-methyl/N-ethyl adjacent to an activating group) is 1. The van der Waals surface area contributed by atoms with Crippen molar-refractivity contribution in [3.63, 3.8) is 0 Å². The van der Waals surface area contributed by atoms with Gasteiger partial charge in [-0.25, -0.2) is 4.79 Å². The number of Topliss-reactive ketones (excluding diaryl/α,β-unsaturated/α-hetero) is 1. The van der Waals surface area contributed by atoms with Crippen LogP contribution in [0, 0.1) is 49.9 Å². The van der Waals surface area contributed by atoms with Gasteiger partial charge in [-0.05, 0) is 162 Å². The minimum atomic E-state index is -0.663. The van der Waals surface area contributed by atoms with E-state index in [9.17, 15) is 14.7 Å². The molecule has 62 heavy (non-hydrogen) atoms. The minimum Gasteiger partial charge on any atom is -0.871 e. The first-order valence-electron chi connectivity index (χ1n) is 23.3. The SMILES string of the molecule is CC(C)CCC[C@@H](C)[C@H]1CC[C@H]2[C@@H]3CC=C4CC(OC(=O)Oc5ccc6c(c5)C=C/C(=C\C5=C([O-])C(=C/c7ccc8cc(I)ccc8[n+]7C)/C5=O)N6C)CC[C@]4(C)[C@H]3CC[C@]12C. The zero-order valence-corrected chi connectivity index (χ0v) is 39.8. The Morgan fingerprint density at radius 2 is 1.81 bits per heavy atom. The maximum atomic E-state index is 13.3. The van der Waals surface area contributed by atoms with Gasteiger partial charge in [0.15, 0.2) is 5.78 Å². The molecule has 2 aromatic carbocycles. The van der Waals surface area contributed by atoms with Gasteiger partial charge in [-0.3, -0.25) is 4.79 Å². The van der Waals surface area contributed by atoms with Gasteiger partial charge in [-0.1, -0.05) is 77.4 Å². The molecule has 6 aliphatic rings. The molecular formula is C54H63IN2O5. The Kier molecular flexibility index (Phi) is 11.6. The number of fused-ring (bicyclic) bond motifs is 7. The summed E-state index contributed by atoms with van der Waals surface area (Å²) in [6.45, 7) is 12.4. The van der Waals surface area contributed by atoms with Gasteiger partial charge >= 0.3 is 6.16 Å². The summed E-state index contributed by atoms with van der Waals surface area (Å²) >= 11 is 2.29. The molecule has 0 radical (unpaired) electrons. The number of nitrogens with zero attached hydrogens (tertiary/aromatic N) is 2. The van der Waals surface area contributed by atoms with Crippen LogP contribution in [0.5, 0.6) is 5.75 Å². The number of pyridine rings is 1. The summed E-state index contributed by atoms with van der Waals surface area (Å²) in [7, 11) is 3.84. The Hall–Kier alpha value is -4.18. The van der Waals surface area contributed by atoms with E-state index < -0.39 is 6.16 Å². The highest BCUT2D eigenvalue weighted by molar-refractivity contribution is 14.1. The van der Waals surface area contributed by atoms with Crippen molar-refractivity contribution in [1.29, 1.82) is 0 Å². The first kappa shape index (κ1) is 43.1. The van der Waals surface area contributed by atoms with Crippen molar-refractivity contribution in [2.24, 2.45) is 53.4 Å². The molecule has 7 nitrogen and oxygen atoms in total. The van der Waals surface area contributed by atoms with E-state index in [1.807, 2.05) is 72.1 Å². The Balaban J connectivity index is 0.813. The lowest BCUT2D eigenvalue weighted by molar-refractivity contribution is -0.646. The number of benzene rings is 2. The average Bonchev–Trinajstić information content (AvgIpc) is 3.60. The van der Waals surface area contributed by atoms with E-state index in [2.05, 4.69) is 69.4 Å². The number of ketones is 1. The summed E-state index contributed by atoms with van der Waals surface area (Å²) in [4.78, 5) is 28.5. The Morgan fingerprint density at radius 3 is 2.60 bits per heavy atom. The average molecular weight is 947 g/mol. The highest BCUT2D eigenvalue weighted by Crippen LogP contribution is 2.67. The first-order chi connectivity index (χ1) is 29.6. The van der Waals surface area contributed by atoms with Crippen LogP contribution in [0.4, 0.5) is 10.5 Å². The summed E-state index contributed by atoms with van der Waals surface area (Å²) in [5.74, 6) is 4.68. The second kappa shape index (κ2) is 16.7. The zero-order chi connectivity index (χ0) is 43.7. The van der Waals surface area contributed by atoms with Crippen molar-refractivity contribution < 1.29 is 28.7 Å². The number of ether oxygens (including phenoxy) is 2. The fraction of sp³-hybridized carbons (Fsp3) is 0.500. The van der Waals surface area contributed by atoms with Crippen LogP contribution in [0.1, 0.15) is 117 Å². The Morgan fingerprint density at radius 1 is 0.984 bits per heavy atom. The Bertz CT molecular complexity index is 2480. The monoisotopic (exact) mass is 946 g/mol. The van der Waals surface area contributed by atoms with E-state index in [1.165, 1.54) is 56.9 Å². The third-order valence-electron chi connectivity index (χ3n) is 16.6. The van der Waals surface area contributed by atoms with E-state index in [0.29, 0.717) is 11.2 Å². The van der Waals surface area contributed by atoms with Gasteiger partial charge in [0, 0.05) is 68.7 Å². The number of halogens is 1. The zero-order valence-electron chi connectivity index (χ0n) is 37.6. The van der Waals surface area contributed by atoms with E-state index in [1.54, 1.807) is 18.2 Å². The summed E-state index contributed by atoms with van der Waals surface area (Å²) < 4.78 is 15.0. The van der Waals surface area contributed by atoms with Crippen LogP contribution in [0.3, 0.4) is 0 Å². The second-order valence-corrected chi connectivity index (χ2v) is 21.7. The highest BCUT2D eigenvalue weighted by atomic mass is 127. The lowest BCUT2D eigenvalue weighted by atomic mass is 9.47. The van der Waals surface area contributed by atoms with Crippen molar-refractivity contribution in [2.45, 2.75) is 111 Å². The van der Waals surface area contributed by atoms with Crippen LogP contribution in [0.2, 0.25) is 0 Å². The molecular weight excluding hydrogens is 884 g/mol. The third-order valence-corrected chi connectivity index (χ3v) is 17.3. The van der Waals surface area contributed by atoms with Gasteiger partial charge in [0.05, 0.1) is 0 Å². The maximum Gasteiger partial charge on any atom is 0.514 e. The third kappa shape index (κ3) is 7.68. The van der Waals surface area contributed by atoms with Crippen molar-refractivity contribution in [3.05, 3.63) is 110 Å². The number of carbonyl (C=O) groups is 2. The molecule has 0 saturated heterocycles. The predicted molar refractivity (Wildman–Crippen MR) is 254 cm³/mol. The molecule has 1 unspecified atom stereocenters. The molecule has 2 heterocycles. The summed E-state index contributed by atoms with van der Waals surface area (Å²) in [6.07, 6.45) is 22.3. The second-order valence-electron chi connectivity index (χ2n) is 20.5. The molecule has 3 saturated carbocycles. The number of hydrogen-bond donors (Lipinski definition) is 0. The number of hydrogen-bond acceptors (Lipinski definition) is 6. The fourth-order valence-corrected chi connectivity index (χ4v) is 13.7. The van der Waals surface area contributed by atoms with E-state index in [4.69, 9.17) is 9.47 Å². The van der Waals surface area contributed by atoms with Gasteiger partial charge in [0.25, 0.3) is 0 Å². The van der Waals surface area contributed by atoms with Crippen LogP contribution in [0.15, 0.2) is 94.9 Å². The first-order valence-corrected chi connectivity index (χ1v) is 24.3. The molecule has 3 aromatic rings. The van der Waals surface area contributed by atoms with Gasteiger partial charge < -0.3 is 19.5 Å². The topological polar surface area (TPSA) is 82.8 Å². The smallest absolute Gasteiger partial charge is 0.514 e. The van der Waals surface area contributed by atoms with Crippen molar-refractivity contribution in [2.75, 3.05) is 11.9 Å². The lowest BCUT2D eigenvalue weighted by Crippen LogP contribution is -2.51. The molecule has 0 bridgehead atoms. The normalized spacial score (nSPS) is 30.8. The number of aryl methyl sites for hydroxylation is 1. The molecule has 9 rings (SSSR count). The standard InChI is InChI=1S/C54H63IN2O5/c1-32(2)9-8-10-33(3)45-19-20-46-42-18-13-36-29-41(23-25-53(36,4)47(42)24-26-54(45,46)5)62-52(60)61-40-17-22-49-35(28-40)12-16-39(57(49)7)31-44-50(58)43(51(44)59)30-38-15-11-34-27-37(55)14-21-48(34)56(38)6/h11-17,21-22,27-28,30-33,41-42,45-47H,8-10,18-20,23-26,29H2,1-7H3/t33-,41?,42+,45-,46+,47+,53+,54-/m1/s1. The van der Waals surface area contributed by atoms with E-state index in [-0.39, 0.29) is 34.2 Å². The van der Waals surface area contributed by atoms with Crippen molar-refractivity contribution >= 4 is 63.3 Å². The number of anilines is 1. The summed E-state index contributed by atoms with van der Waals surface area (Å²) in [5, 5.41) is 14.4. The van der Waals surface area contributed by atoms with E-state index >= 15 is 0 Å². The predicted octanol–water partition coefficient (Wildman–Crippen LogP) is 11.8. The Labute approximate surface area is 382 Å². The molecule has 5 aliphatic carbocycles. The molecule has 1 aliphatic heterocycles. The maximum absolute atomic E-state index is 13.3. The van der Waals surface area contributed by atoms with Crippen molar-refractivity contribution in [3.8, 4) is 5.75 Å². The molecule has 326 valence electrons. The highest BCUT2D eigenvalue weighted by Gasteiger charge is 2.59. The number of carbonyl (C=O) groups excluding carboxylic acids is 2. The molecule has 0 spiro atoms. The van der Waals surface area contributed by atoms with Crippen LogP contribution in [-0.2, 0) is 16.6 Å². The summed E-state index contributed by atoms with van der Waals surface area (Å²) in [6, 6.07) is 15.6. The van der Waals surface area contributed by atoms with Crippen LogP contribution >= 0.6 is 22.6 Å². The van der Waals surface area contributed by atoms with Crippen LogP contribution in [-0.4, -0.2) is 25.1 Å². The van der Waals surface area contributed by atoms with Gasteiger partial charge in [-0.2, -0.15) is 4.57 Å². The molecule has 8 atom stereocenters. The largest absolute Gasteiger partial charge is 0.871 e. The lowest BCUT2D eigenvalue weighted by Gasteiger charge is -2.58. The van der Waals surface area contributed by atoms with E-state index in [0.717, 1.165) is 91.9 Å². The molecule has 1 aromatic heterocycles. The molecule has 0 N–H and O–H groups in total. The minimum absolute atomic E-state index is 0.167. The quantitative estimate of drug-likeness (QED) is 0.0531. The van der Waals surface area contributed by atoms with Crippen LogP contribution in [0.25, 0.3) is 23.1 Å². The number of allylic oxidation sites excluding steroid dienone is 5. The van der Waals surface area contributed by atoms with Gasteiger partial charge in [-0.15, -0.1) is 0 Å². The fourth-order valence-electron chi connectivity index (χ4n) is 13.1. The van der Waals surface area contributed by atoms with Crippen LogP contribution < -0.4 is 19.3 Å². The van der Waals surface area contributed by atoms with Crippen molar-refractivity contribution in [1.82, 2.24) is 0 Å². The number of aromatic nitrogens is 1. The summed E-state index contributed by atoms with van der Waals surface area (Å²) in [5.41, 5.74) is 6.77. The van der Waals surface area contributed by atoms with Gasteiger partial charge in [0.1, 0.15) is 18.9 Å². The molecule has 8 heteroatoms. The molecule has 3 fully saturated rings.